The average molecular weight is 844 g/mol. The van der Waals surface area contributed by atoms with Gasteiger partial charge in [-0.05, 0) is 96.1 Å². The first-order valence-corrected chi connectivity index (χ1v) is 22.8. The number of ketones is 2. The van der Waals surface area contributed by atoms with Crippen molar-refractivity contribution >= 4 is 29.6 Å². The smallest absolute Gasteiger partial charge is 0.334 e. The summed E-state index contributed by atoms with van der Waals surface area (Å²) in [5, 5.41) is 64.6. The summed E-state index contributed by atoms with van der Waals surface area (Å²) < 4.78 is 0. The highest BCUT2D eigenvalue weighted by Gasteiger charge is 2.85. The van der Waals surface area contributed by atoms with Gasteiger partial charge in [-0.1, -0.05) is 101 Å². The lowest BCUT2D eigenvalue weighted by molar-refractivity contribution is -0.171. The molecule has 0 aliphatic heterocycles. The normalized spacial score (nSPS) is 43.7. The number of aliphatic carboxylic acids is 1. The van der Waals surface area contributed by atoms with Crippen molar-refractivity contribution in [1.29, 1.82) is 0 Å². The van der Waals surface area contributed by atoms with Crippen LogP contribution in [0.1, 0.15) is 104 Å². The maximum Gasteiger partial charge on any atom is 0.334 e. The van der Waals surface area contributed by atoms with Gasteiger partial charge in [0, 0.05) is 59.0 Å². The number of benzene rings is 1. The van der Waals surface area contributed by atoms with Crippen LogP contribution < -0.4 is 11.5 Å². The van der Waals surface area contributed by atoms with Gasteiger partial charge < -0.3 is 37.0 Å². The molecule has 11 heteroatoms. The fraction of sp³-hybridized carbons (Fsp3) is 0.569. The predicted octanol–water partition coefficient (Wildman–Crippen LogP) is 6.41. The lowest BCUT2D eigenvalue weighted by Crippen LogP contribution is -2.72. The number of rotatable bonds is 6. The molecule has 9 N–H and O–H groups in total. The van der Waals surface area contributed by atoms with Crippen molar-refractivity contribution < 1.29 is 39.9 Å². The van der Waals surface area contributed by atoms with Crippen LogP contribution in [0.2, 0.25) is 0 Å². The fourth-order valence-electron chi connectivity index (χ4n) is 16.7. The lowest BCUT2D eigenvalue weighted by Gasteiger charge is -2.70. The third-order valence-corrected chi connectivity index (χ3v) is 18.9. The molecular formula is C51H61N3O8. The zero-order valence-corrected chi connectivity index (χ0v) is 36.5. The van der Waals surface area contributed by atoms with Crippen LogP contribution in [0.5, 0.6) is 0 Å². The Morgan fingerprint density at radius 3 is 2.39 bits per heavy atom. The number of Topliss-reactive ketones (excluding diaryl/α,β-unsaturated/α-hetero) is 2. The predicted molar refractivity (Wildman–Crippen MR) is 234 cm³/mol. The Hall–Kier alpha value is -4.58. The summed E-state index contributed by atoms with van der Waals surface area (Å²) in [6, 6.07) is 9.93. The van der Waals surface area contributed by atoms with Crippen molar-refractivity contribution in [3.05, 3.63) is 98.9 Å². The van der Waals surface area contributed by atoms with Crippen LogP contribution >= 0.6 is 0 Å². The minimum absolute atomic E-state index is 0.0501. The molecule has 10 rings (SSSR count). The quantitative estimate of drug-likeness (QED) is 0.0549. The zero-order chi connectivity index (χ0) is 44.3. The second kappa shape index (κ2) is 13.0. The summed E-state index contributed by atoms with van der Waals surface area (Å²) >= 11 is 0. The number of aliphatic hydroxyl groups excluding tert-OH is 1. The van der Waals surface area contributed by atoms with Gasteiger partial charge in [-0.15, -0.1) is 0 Å². The molecule has 9 aliphatic carbocycles. The van der Waals surface area contributed by atoms with Gasteiger partial charge in [-0.25, -0.2) is 4.79 Å². The molecule has 0 saturated heterocycles. The van der Waals surface area contributed by atoms with Crippen LogP contribution in [0.15, 0.2) is 98.3 Å². The van der Waals surface area contributed by atoms with Gasteiger partial charge in [-0.3, -0.25) is 14.6 Å². The number of hydrogen-bond acceptors (Lipinski definition) is 8. The molecule has 62 heavy (non-hydrogen) atoms. The maximum atomic E-state index is 16.0. The average Bonchev–Trinajstić information content (AvgIpc) is 3.69. The van der Waals surface area contributed by atoms with E-state index >= 15 is 4.79 Å². The molecule has 328 valence electrons. The Bertz CT molecular complexity index is 2470. The molecule has 0 radical (unpaired) electrons. The standard InChI is InChI=1S/C51H61N3O8/c1-26-33(25-54-44(52)53)50(61,42(57)27(2)43(58)59)31-17-15-29-22-30-23-49(60)32(16-14-28-12-8-6-9-13-28)40-45(3,4)35(56)18-21-47(40)19-10-7-11-20-48-24-34(55)38(47)41(49)46(48,5)51(30,62)39(36(29)31)37(26)48/h6,8-9,12-14,16-17,23,26,32-33,37,39-40,57,60-62H,7,10-11,15,18-22,24-25H2,1-5H3,(H,58,59)(H4,52,53,54)/b16-14+,42-27-/t26-,32+,33-,37+,39-,40-,46-,47-,48-,49-,50+,51+/m1/s1. The molecule has 0 unspecified atom stereocenters. The molecule has 9 aliphatic rings. The molecule has 0 amide bonds. The van der Waals surface area contributed by atoms with Crippen molar-refractivity contribution in [2.45, 2.75) is 116 Å². The molecule has 1 aromatic carbocycles. The number of aliphatic imine (C=N–C) groups is 1. The molecule has 1 spiro atoms. The second-order valence-electron chi connectivity index (χ2n) is 21.3. The molecule has 11 nitrogen and oxygen atoms in total. The van der Waals surface area contributed by atoms with E-state index in [0.717, 1.165) is 30.4 Å². The number of allylic oxidation sites excluding steroid dienone is 3. The largest absolute Gasteiger partial charge is 0.508 e. The van der Waals surface area contributed by atoms with Crippen molar-refractivity contribution in [2.75, 3.05) is 6.54 Å². The zero-order valence-electron chi connectivity index (χ0n) is 36.5. The highest BCUT2D eigenvalue weighted by atomic mass is 16.4. The van der Waals surface area contributed by atoms with Crippen LogP contribution in [0.4, 0.5) is 0 Å². The molecule has 3 saturated carbocycles. The number of guanidine groups is 1. The second-order valence-corrected chi connectivity index (χ2v) is 21.3. The van der Waals surface area contributed by atoms with E-state index in [0.29, 0.717) is 60.0 Å². The summed E-state index contributed by atoms with van der Waals surface area (Å²) in [5.41, 5.74) is 6.89. The Labute approximate surface area is 363 Å². The number of nitrogens with two attached hydrogens (primary N) is 2. The fourth-order valence-corrected chi connectivity index (χ4v) is 16.7. The number of carbonyl (C=O) groups excluding carboxylic acids is 2. The monoisotopic (exact) mass is 843 g/mol. The Morgan fingerprint density at radius 1 is 0.984 bits per heavy atom. The first-order valence-electron chi connectivity index (χ1n) is 22.8. The summed E-state index contributed by atoms with van der Waals surface area (Å²) in [6.07, 6.45) is 13.1. The molecule has 4 bridgehead atoms. The lowest BCUT2D eigenvalue weighted by atomic mass is 9.33. The minimum atomic E-state index is -2.25. The third kappa shape index (κ3) is 4.62. The topological polar surface area (TPSA) is 217 Å². The van der Waals surface area contributed by atoms with Gasteiger partial charge in [0.05, 0.1) is 5.57 Å². The van der Waals surface area contributed by atoms with E-state index in [9.17, 15) is 35.1 Å². The first-order chi connectivity index (χ1) is 29.2. The highest BCUT2D eigenvalue weighted by Crippen LogP contribution is 2.85. The van der Waals surface area contributed by atoms with Crippen LogP contribution in [0.3, 0.4) is 0 Å². The molecule has 12 atom stereocenters. The van der Waals surface area contributed by atoms with E-state index in [-0.39, 0.29) is 36.9 Å². The van der Waals surface area contributed by atoms with Gasteiger partial charge in [0.25, 0.3) is 0 Å². The number of carboxylic acids is 1. The molecule has 0 heterocycles. The van der Waals surface area contributed by atoms with E-state index in [1.165, 1.54) is 6.92 Å². The van der Waals surface area contributed by atoms with E-state index < -0.39 is 91.3 Å². The van der Waals surface area contributed by atoms with Crippen LogP contribution in [-0.4, -0.2) is 72.4 Å². The van der Waals surface area contributed by atoms with Crippen LogP contribution in [-0.2, 0) is 14.4 Å². The number of aliphatic hydroxyl groups is 4. The number of carbonyl (C=O) groups is 3. The van der Waals surface area contributed by atoms with Crippen molar-refractivity contribution in [1.82, 2.24) is 0 Å². The summed E-state index contributed by atoms with van der Waals surface area (Å²) in [4.78, 5) is 47.3. The molecule has 0 aromatic heterocycles. The first kappa shape index (κ1) is 41.4. The number of hydrogen-bond donors (Lipinski definition) is 7. The van der Waals surface area contributed by atoms with Gasteiger partial charge >= 0.3 is 5.97 Å². The van der Waals surface area contributed by atoms with Crippen molar-refractivity contribution in [2.24, 2.45) is 73.6 Å². The Morgan fingerprint density at radius 2 is 1.69 bits per heavy atom. The maximum absolute atomic E-state index is 16.0. The van der Waals surface area contributed by atoms with E-state index in [1.807, 2.05) is 69.3 Å². The van der Waals surface area contributed by atoms with Crippen molar-refractivity contribution in [3.8, 4) is 0 Å². The van der Waals surface area contributed by atoms with Gasteiger partial charge in [0.15, 0.2) is 17.3 Å². The van der Waals surface area contributed by atoms with E-state index in [4.69, 9.17) is 11.5 Å². The number of nitrogens with zero attached hydrogens (tertiary/aromatic N) is 1. The van der Waals surface area contributed by atoms with Gasteiger partial charge in [-0.2, -0.15) is 0 Å². The molecular weight excluding hydrogens is 783 g/mol. The minimum Gasteiger partial charge on any atom is -0.508 e. The number of carboxylic acid groups (broad SMARTS) is 1. The Kier molecular flexibility index (Phi) is 8.69. The van der Waals surface area contributed by atoms with Crippen LogP contribution in [0.25, 0.3) is 6.08 Å². The van der Waals surface area contributed by atoms with Crippen molar-refractivity contribution in [3.63, 3.8) is 0 Å². The Balaban J connectivity index is 1.34. The van der Waals surface area contributed by atoms with Gasteiger partial charge in [0.2, 0.25) is 0 Å². The summed E-state index contributed by atoms with van der Waals surface area (Å²) in [7, 11) is 0. The molecule has 3 fully saturated rings. The summed E-state index contributed by atoms with van der Waals surface area (Å²) in [5.74, 6) is -6.10. The third-order valence-electron chi connectivity index (χ3n) is 18.9. The van der Waals surface area contributed by atoms with E-state index in [1.54, 1.807) is 0 Å². The SMILES string of the molecule is C/C(C(=O)O)=C(/O)[C@]1(O)C2=CCC3=C2[C@@H]2[C@H]([C@H](C)[C@H]1CN=C(N)N)[C@]14CCCCC[C@]56CCC(=O)C(C)(C)[C@H]5[C@H](/C=C/c5ccccc5)[C@]5(O)C=C(C3)[C@@]2(O)[C@]1(C)C5=C6C(=O)C4. The van der Waals surface area contributed by atoms with Gasteiger partial charge in [0.1, 0.15) is 22.7 Å². The van der Waals surface area contributed by atoms with Crippen LogP contribution in [0, 0.1) is 57.2 Å². The molecule has 1 aromatic rings. The van der Waals surface area contributed by atoms with E-state index in [2.05, 4.69) is 18.0 Å². The summed E-state index contributed by atoms with van der Waals surface area (Å²) in [6.45, 7) is 9.22. The highest BCUT2D eigenvalue weighted by molar-refractivity contribution is 6.02.